The molecule has 0 spiro atoms. The lowest BCUT2D eigenvalue weighted by atomic mass is 10.2. The number of para-hydroxylation sites is 1. The lowest BCUT2D eigenvalue weighted by molar-refractivity contribution is 0.342. The van der Waals surface area contributed by atoms with Crippen molar-refractivity contribution in [1.82, 2.24) is 0 Å². The van der Waals surface area contributed by atoms with Gasteiger partial charge in [0, 0.05) is 3.57 Å². The van der Waals surface area contributed by atoms with E-state index in [1.807, 2.05) is 25.1 Å². The molecule has 0 radical (unpaired) electrons. The first-order chi connectivity index (χ1) is 9.11. The molecule has 100 valence electrons. The number of nitrogens with one attached hydrogen (secondary N) is 1. The third-order valence-electron chi connectivity index (χ3n) is 2.57. The van der Waals surface area contributed by atoms with Gasteiger partial charge in [-0.15, -0.1) is 0 Å². The molecule has 0 aliphatic rings. The van der Waals surface area contributed by atoms with Gasteiger partial charge in [0.25, 0.3) is 0 Å². The van der Waals surface area contributed by atoms with Crippen molar-refractivity contribution in [3.05, 3.63) is 45.8 Å². The van der Waals surface area contributed by atoms with Crippen LogP contribution in [0.3, 0.4) is 0 Å². The Hall–Kier alpha value is -1.50. The average Bonchev–Trinajstić information content (AvgIpc) is 2.37. The molecule has 0 unspecified atom stereocenters. The maximum Gasteiger partial charge on any atom is 0.144 e. The predicted molar refractivity (Wildman–Crippen MR) is 84.4 cm³/mol. The van der Waals surface area contributed by atoms with Crippen molar-refractivity contribution in [2.45, 2.75) is 6.92 Å². The van der Waals surface area contributed by atoms with Crippen molar-refractivity contribution >= 4 is 39.7 Å². The summed E-state index contributed by atoms with van der Waals surface area (Å²) in [5.41, 5.74) is 8.13. The van der Waals surface area contributed by atoms with Crippen LogP contribution in [-0.4, -0.2) is 6.61 Å². The first-order valence-electron chi connectivity index (χ1n) is 5.85. The number of nitrogen functional groups attached to an aromatic ring is 1. The summed E-state index contributed by atoms with van der Waals surface area (Å²) in [4.78, 5) is 0. The molecular formula is C14H14FIN2O. The van der Waals surface area contributed by atoms with E-state index in [4.69, 9.17) is 10.5 Å². The Balaban J connectivity index is 2.30. The Morgan fingerprint density at radius 1 is 1.26 bits per heavy atom. The maximum absolute atomic E-state index is 13.1. The second-order valence-corrected chi connectivity index (χ2v) is 5.06. The van der Waals surface area contributed by atoms with Gasteiger partial charge in [-0.2, -0.15) is 0 Å². The second-order valence-electron chi connectivity index (χ2n) is 3.90. The van der Waals surface area contributed by atoms with Gasteiger partial charge in [-0.25, -0.2) is 4.39 Å². The lowest BCUT2D eigenvalue weighted by Crippen LogP contribution is -2.02. The van der Waals surface area contributed by atoms with Crippen LogP contribution in [-0.2, 0) is 0 Å². The van der Waals surface area contributed by atoms with Crippen molar-refractivity contribution in [2.75, 3.05) is 17.7 Å². The summed E-state index contributed by atoms with van der Waals surface area (Å²) in [6.07, 6.45) is 0. The monoisotopic (exact) mass is 372 g/mol. The fourth-order valence-electron chi connectivity index (χ4n) is 1.67. The van der Waals surface area contributed by atoms with Gasteiger partial charge in [0.05, 0.1) is 23.7 Å². The Morgan fingerprint density at radius 2 is 2.05 bits per heavy atom. The topological polar surface area (TPSA) is 47.3 Å². The summed E-state index contributed by atoms with van der Waals surface area (Å²) in [5, 5.41) is 3.19. The largest absolute Gasteiger partial charge is 0.492 e. The molecular weight excluding hydrogens is 358 g/mol. The molecule has 0 amide bonds. The number of halogens is 2. The van der Waals surface area contributed by atoms with E-state index in [1.54, 1.807) is 6.07 Å². The van der Waals surface area contributed by atoms with Crippen molar-refractivity contribution in [2.24, 2.45) is 0 Å². The van der Waals surface area contributed by atoms with Crippen LogP contribution in [0.25, 0.3) is 0 Å². The number of benzene rings is 2. The molecule has 0 atom stereocenters. The molecule has 0 aliphatic carbocycles. The van der Waals surface area contributed by atoms with E-state index >= 15 is 0 Å². The minimum Gasteiger partial charge on any atom is -0.492 e. The fourth-order valence-corrected chi connectivity index (χ4v) is 2.28. The van der Waals surface area contributed by atoms with Crippen LogP contribution in [0.2, 0.25) is 0 Å². The molecule has 0 bridgehead atoms. The van der Waals surface area contributed by atoms with E-state index in [2.05, 4.69) is 27.9 Å². The molecule has 0 aliphatic heterocycles. The van der Waals surface area contributed by atoms with Crippen molar-refractivity contribution in [3.63, 3.8) is 0 Å². The third-order valence-corrected chi connectivity index (χ3v) is 3.46. The predicted octanol–water partition coefficient (Wildman–Crippen LogP) is 4.15. The normalized spacial score (nSPS) is 10.3. The molecule has 19 heavy (non-hydrogen) atoms. The van der Waals surface area contributed by atoms with Crippen LogP contribution in [0, 0.1) is 9.39 Å². The Bertz CT molecular complexity index is 590. The molecule has 2 rings (SSSR count). The van der Waals surface area contributed by atoms with Gasteiger partial charge < -0.3 is 15.8 Å². The fraction of sp³-hybridized carbons (Fsp3) is 0.143. The third kappa shape index (κ3) is 3.28. The van der Waals surface area contributed by atoms with Crippen LogP contribution in [0.1, 0.15) is 6.92 Å². The van der Waals surface area contributed by atoms with Gasteiger partial charge >= 0.3 is 0 Å². The quantitative estimate of drug-likeness (QED) is 0.626. The van der Waals surface area contributed by atoms with E-state index in [1.165, 1.54) is 12.1 Å². The van der Waals surface area contributed by atoms with Gasteiger partial charge in [-0.3, -0.25) is 0 Å². The molecule has 0 saturated heterocycles. The van der Waals surface area contributed by atoms with Crippen LogP contribution >= 0.6 is 22.6 Å². The van der Waals surface area contributed by atoms with Gasteiger partial charge in [0.15, 0.2) is 0 Å². The molecule has 0 aromatic heterocycles. The summed E-state index contributed by atoms with van der Waals surface area (Å²) < 4.78 is 19.3. The van der Waals surface area contributed by atoms with Crippen LogP contribution in [0.4, 0.5) is 21.5 Å². The van der Waals surface area contributed by atoms with E-state index in [9.17, 15) is 4.39 Å². The highest BCUT2D eigenvalue weighted by atomic mass is 127. The van der Waals surface area contributed by atoms with E-state index < -0.39 is 0 Å². The smallest absolute Gasteiger partial charge is 0.144 e. The highest BCUT2D eigenvalue weighted by Gasteiger charge is 2.08. The Labute approximate surface area is 125 Å². The molecule has 3 nitrogen and oxygen atoms in total. The van der Waals surface area contributed by atoms with Crippen molar-refractivity contribution < 1.29 is 9.13 Å². The summed E-state index contributed by atoms with van der Waals surface area (Å²) in [6.45, 7) is 2.46. The van der Waals surface area contributed by atoms with Crippen molar-refractivity contribution in [3.8, 4) is 5.75 Å². The van der Waals surface area contributed by atoms with Gasteiger partial charge in [-0.05, 0) is 59.8 Å². The number of anilines is 3. The highest BCUT2D eigenvalue weighted by Crippen LogP contribution is 2.32. The first-order valence-corrected chi connectivity index (χ1v) is 6.93. The second kappa shape index (κ2) is 6.10. The highest BCUT2D eigenvalue weighted by molar-refractivity contribution is 14.1. The van der Waals surface area contributed by atoms with Crippen molar-refractivity contribution in [1.29, 1.82) is 0 Å². The summed E-state index contributed by atoms with van der Waals surface area (Å²) in [7, 11) is 0. The summed E-state index contributed by atoms with van der Waals surface area (Å²) >= 11 is 2.08. The summed E-state index contributed by atoms with van der Waals surface area (Å²) in [5.74, 6) is 0.385. The molecule has 3 N–H and O–H groups in total. The molecule has 0 saturated carbocycles. The van der Waals surface area contributed by atoms with Gasteiger partial charge in [0.2, 0.25) is 0 Å². The maximum atomic E-state index is 13.1. The van der Waals surface area contributed by atoms with Crippen LogP contribution < -0.4 is 15.8 Å². The number of nitrogens with two attached hydrogens (primary N) is 1. The number of ether oxygens (including phenoxy) is 1. The standard InChI is InChI=1S/C14H14FIN2O/c1-2-19-13-5-3-4-12(14(13)17)18-11-7-6-9(15)8-10(11)16/h3-8,18H,2,17H2,1H3. The minimum absolute atomic E-state index is 0.258. The van der Waals surface area contributed by atoms with E-state index in [0.717, 1.165) is 14.9 Å². The number of hydrogen-bond donors (Lipinski definition) is 2. The zero-order valence-corrected chi connectivity index (χ0v) is 12.6. The average molecular weight is 372 g/mol. The summed E-state index contributed by atoms with van der Waals surface area (Å²) in [6, 6.07) is 10.1. The Morgan fingerprint density at radius 3 is 2.74 bits per heavy atom. The Kier molecular flexibility index (Phi) is 4.47. The zero-order chi connectivity index (χ0) is 13.8. The molecule has 5 heteroatoms. The first kappa shape index (κ1) is 13.9. The molecule has 2 aromatic rings. The van der Waals surface area contributed by atoms with Gasteiger partial charge in [-0.1, -0.05) is 6.07 Å². The van der Waals surface area contributed by atoms with Crippen LogP contribution in [0.5, 0.6) is 5.75 Å². The number of rotatable bonds is 4. The van der Waals surface area contributed by atoms with Gasteiger partial charge in [0.1, 0.15) is 11.6 Å². The molecule has 0 fully saturated rings. The molecule has 2 aromatic carbocycles. The molecule has 0 heterocycles. The zero-order valence-electron chi connectivity index (χ0n) is 10.4. The van der Waals surface area contributed by atoms with Crippen LogP contribution in [0.15, 0.2) is 36.4 Å². The van der Waals surface area contributed by atoms with E-state index in [0.29, 0.717) is 18.0 Å². The SMILES string of the molecule is CCOc1cccc(Nc2ccc(F)cc2I)c1N. The van der Waals surface area contributed by atoms with E-state index in [-0.39, 0.29) is 5.82 Å². The lowest BCUT2D eigenvalue weighted by Gasteiger charge is -2.14. The minimum atomic E-state index is -0.258. The number of hydrogen-bond acceptors (Lipinski definition) is 3.